The van der Waals surface area contributed by atoms with Crippen LogP contribution in [-0.4, -0.2) is 46.6 Å². The van der Waals surface area contributed by atoms with Gasteiger partial charge in [-0.15, -0.1) is 0 Å². The van der Waals surface area contributed by atoms with Crippen LogP contribution in [0.25, 0.3) is 11.1 Å². The molecule has 2 N–H and O–H groups in total. The molecule has 1 atom stereocenters. The predicted octanol–water partition coefficient (Wildman–Crippen LogP) is 6.58. The smallest absolute Gasteiger partial charge is 0.326 e. The van der Waals surface area contributed by atoms with Crippen molar-refractivity contribution in [2.45, 2.75) is 58.0 Å². The van der Waals surface area contributed by atoms with Crippen LogP contribution in [-0.2, 0) is 11.3 Å². The topological polar surface area (TPSA) is 82.5 Å². The third-order valence-corrected chi connectivity index (χ3v) is 8.21. The van der Waals surface area contributed by atoms with Crippen molar-refractivity contribution in [3.05, 3.63) is 83.7 Å². The summed E-state index contributed by atoms with van der Waals surface area (Å²) in [6.07, 6.45) is 12.5. The second kappa shape index (κ2) is 14.2. The van der Waals surface area contributed by atoms with Crippen molar-refractivity contribution < 1.29 is 14.7 Å². The van der Waals surface area contributed by atoms with Gasteiger partial charge in [0.2, 0.25) is 0 Å². The molecule has 0 saturated heterocycles. The first-order valence-corrected chi connectivity index (χ1v) is 15.2. The van der Waals surface area contributed by atoms with Crippen molar-refractivity contribution in [3.63, 3.8) is 0 Å². The van der Waals surface area contributed by atoms with Crippen molar-refractivity contribution in [1.82, 2.24) is 10.3 Å². The number of amides is 1. The molecule has 2 aromatic carbocycles. The third kappa shape index (κ3) is 7.85. The second-order valence-electron chi connectivity index (χ2n) is 10.4. The van der Waals surface area contributed by atoms with Gasteiger partial charge in [0.1, 0.15) is 6.04 Å². The average Bonchev–Trinajstić information content (AvgIpc) is 2.96. The Bertz CT molecular complexity index is 1240. The number of hydrogen-bond donors (Lipinski definition) is 2. The minimum Gasteiger partial charge on any atom is -0.480 e. The van der Waals surface area contributed by atoms with Gasteiger partial charge in [-0.2, -0.15) is 11.8 Å². The third-order valence-electron chi connectivity index (χ3n) is 7.57. The molecule has 1 aliphatic carbocycles. The van der Waals surface area contributed by atoms with Gasteiger partial charge in [-0.3, -0.25) is 9.78 Å². The molecule has 0 radical (unpaired) electrons. The van der Waals surface area contributed by atoms with E-state index in [4.69, 9.17) is 0 Å². The molecule has 7 heteroatoms. The minimum absolute atomic E-state index is 0.361. The number of rotatable bonds is 12. The quantitative estimate of drug-likeness (QED) is 0.268. The van der Waals surface area contributed by atoms with E-state index < -0.39 is 12.0 Å². The normalized spacial score (nSPS) is 14.5. The summed E-state index contributed by atoms with van der Waals surface area (Å²) in [5.41, 5.74) is 5.54. The Morgan fingerprint density at radius 2 is 1.87 bits per heavy atom. The van der Waals surface area contributed by atoms with Crippen LogP contribution >= 0.6 is 11.8 Å². The molecule has 0 bridgehead atoms. The fourth-order valence-corrected chi connectivity index (χ4v) is 5.89. The van der Waals surface area contributed by atoms with Crippen molar-refractivity contribution in [3.8, 4) is 11.1 Å². The molecule has 1 heterocycles. The van der Waals surface area contributed by atoms with Crippen LogP contribution in [0.1, 0.15) is 60.0 Å². The zero-order valence-corrected chi connectivity index (χ0v) is 23.8. The molecule has 1 amide bonds. The number of hydrogen-bond acceptors (Lipinski definition) is 5. The first kappa shape index (κ1) is 28.7. The zero-order valence-electron chi connectivity index (χ0n) is 22.9. The van der Waals surface area contributed by atoms with Gasteiger partial charge in [0, 0.05) is 24.8 Å². The predicted molar refractivity (Wildman–Crippen MR) is 160 cm³/mol. The largest absolute Gasteiger partial charge is 0.480 e. The fourth-order valence-electron chi connectivity index (χ4n) is 5.42. The van der Waals surface area contributed by atoms with Crippen molar-refractivity contribution in [2.75, 3.05) is 23.5 Å². The van der Waals surface area contributed by atoms with E-state index in [1.807, 2.05) is 61.8 Å². The van der Waals surface area contributed by atoms with Crippen LogP contribution in [0.4, 0.5) is 5.69 Å². The van der Waals surface area contributed by atoms with Crippen molar-refractivity contribution in [2.24, 2.45) is 5.92 Å². The van der Waals surface area contributed by atoms with E-state index in [9.17, 15) is 14.7 Å². The van der Waals surface area contributed by atoms with Crippen LogP contribution in [0.3, 0.4) is 0 Å². The Balaban J connectivity index is 1.66. The minimum atomic E-state index is -1.01. The first-order chi connectivity index (χ1) is 19.0. The van der Waals surface area contributed by atoms with Crippen LogP contribution in [0.15, 0.2) is 67.0 Å². The first-order valence-electron chi connectivity index (χ1n) is 13.8. The number of aliphatic carboxylic acids is 1. The van der Waals surface area contributed by atoms with Gasteiger partial charge in [0.15, 0.2) is 0 Å². The number of carbonyl (C=O) groups excluding carboxylic acids is 1. The van der Waals surface area contributed by atoms with Gasteiger partial charge in [0.05, 0.1) is 11.9 Å². The second-order valence-corrected chi connectivity index (χ2v) is 11.4. The number of anilines is 1. The average molecular weight is 546 g/mol. The highest BCUT2D eigenvalue weighted by atomic mass is 32.2. The number of aryl methyl sites for hydroxylation is 1. The summed E-state index contributed by atoms with van der Waals surface area (Å²) in [6, 6.07) is 17.1. The van der Waals surface area contributed by atoms with E-state index >= 15 is 0 Å². The monoisotopic (exact) mass is 545 g/mol. The molecule has 0 unspecified atom stereocenters. The summed E-state index contributed by atoms with van der Waals surface area (Å²) in [7, 11) is 0. The summed E-state index contributed by atoms with van der Waals surface area (Å²) >= 11 is 1.57. The maximum atomic E-state index is 13.4. The standard InChI is InChI=1S/C32H39N3O3S/c1-23-9-6-7-13-27(23)29-19-25(14-15-28(29)31(36)34-30(32(37)38)16-18-39-2)22-35(26-12-8-17-33-20-26)21-24-10-4-3-5-11-24/h6-9,12-15,17,19-20,24,30H,3-5,10-11,16,18,21-22H2,1-2H3,(H,34,36)(H,37,38)/t30-/m0/s1. The summed E-state index contributed by atoms with van der Waals surface area (Å²) < 4.78 is 0. The van der Waals surface area contributed by atoms with E-state index in [1.54, 1.807) is 18.0 Å². The van der Waals surface area contributed by atoms with Gasteiger partial charge < -0.3 is 15.3 Å². The lowest BCUT2D eigenvalue weighted by molar-refractivity contribution is -0.139. The van der Waals surface area contributed by atoms with Crippen LogP contribution < -0.4 is 10.2 Å². The highest BCUT2D eigenvalue weighted by molar-refractivity contribution is 7.98. The van der Waals surface area contributed by atoms with Gasteiger partial charge in [0.25, 0.3) is 5.91 Å². The van der Waals surface area contributed by atoms with Gasteiger partial charge in [-0.05, 0) is 90.6 Å². The van der Waals surface area contributed by atoms with Gasteiger partial charge in [-0.1, -0.05) is 49.6 Å². The van der Waals surface area contributed by atoms with Crippen molar-refractivity contribution >= 4 is 29.3 Å². The lowest BCUT2D eigenvalue weighted by atomic mass is 9.88. The molecule has 206 valence electrons. The molecule has 39 heavy (non-hydrogen) atoms. The number of pyridine rings is 1. The maximum Gasteiger partial charge on any atom is 0.326 e. The number of nitrogens with one attached hydrogen (secondary N) is 1. The summed E-state index contributed by atoms with van der Waals surface area (Å²) in [5, 5.41) is 12.4. The molecular weight excluding hydrogens is 506 g/mol. The Hall–Kier alpha value is -3.32. The Morgan fingerprint density at radius 3 is 2.56 bits per heavy atom. The highest BCUT2D eigenvalue weighted by Gasteiger charge is 2.24. The molecule has 1 aliphatic rings. The molecule has 1 aromatic heterocycles. The zero-order chi connectivity index (χ0) is 27.6. The molecule has 3 aromatic rings. The SMILES string of the molecule is CSCC[C@H](NC(=O)c1ccc(CN(CC2CCCCC2)c2cccnc2)cc1-c1ccccc1C)C(=O)O. The molecule has 1 fully saturated rings. The van der Waals surface area contributed by atoms with Crippen molar-refractivity contribution in [1.29, 1.82) is 0 Å². The van der Waals surface area contributed by atoms with Crippen LogP contribution in [0, 0.1) is 12.8 Å². The Labute approximate surface area is 236 Å². The number of carboxylic acids is 1. The summed E-state index contributed by atoms with van der Waals surface area (Å²) in [5.74, 6) is -0.0542. The Kier molecular flexibility index (Phi) is 10.4. The van der Waals surface area contributed by atoms with E-state index in [0.29, 0.717) is 30.2 Å². The summed E-state index contributed by atoms with van der Waals surface area (Å²) in [6.45, 7) is 3.71. The molecule has 6 nitrogen and oxygen atoms in total. The lowest BCUT2D eigenvalue weighted by Gasteiger charge is -2.31. The van der Waals surface area contributed by atoms with Gasteiger partial charge in [-0.25, -0.2) is 4.79 Å². The molecule has 0 spiro atoms. The van der Waals surface area contributed by atoms with E-state index in [2.05, 4.69) is 27.3 Å². The van der Waals surface area contributed by atoms with E-state index in [1.165, 1.54) is 32.1 Å². The van der Waals surface area contributed by atoms with E-state index in [-0.39, 0.29) is 5.91 Å². The number of aromatic nitrogens is 1. The summed E-state index contributed by atoms with van der Waals surface area (Å²) in [4.78, 5) is 32.0. The number of carboxylic acid groups (broad SMARTS) is 1. The molecule has 1 saturated carbocycles. The van der Waals surface area contributed by atoms with Gasteiger partial charge >= 0.3 is 5.97 Å². The molecule has 0 aliphatic heterocycles. The molecule has 4 rings (SSSR count). The number of nitrogens with zero attached hydrogens (tertiary/aromatic N) is 2. The lowest BCUT2D eigenvalue weighted by Crippen LogP contribution is -2.41. The number of thioether (sulfide) groups is 1. The number of carbonyl (C=O) groups is 2. The Morgan fingerprint density at radius 1 is 1.08 bits per heavy atom. The fraction of sp³-hybridized carbons (Fsp3) is 0.406. The maximum absolute atomic E-state index is 13.4. The van der Waals surface area contributed by atoms with E-state index in [0.717, 1.165) is 34.5 Å². The molecular formula is C32H39N3O3S. The van der Waals surface area contributed by atoms with Crippen LogP contribution in [0.5, 0.6) is 0 Å². The van der Waals surface area contributed by atoms with Crippen LogP contribution in [0.2, 0.25) is 0 Å². The highest BCUT2D eigenvalue weighted by Crippen LogP contribution is 2.31. The number of benzene rings is 2.